The van der Waals surface area contributed by atoms with Gasteiger partial charge in [0.05, 0.1) is 25.2 Å². The molecule has 2 aromatic carbocycles. The molecule has 2 unspecified atom stereocenters. The average molecular weight is 449 g/mol. The Morgan fingerprint density at radius 1 is 1.12 bits per heavy atom. The van der Waals surface area contributed by atoms with Gasteiger partial charge in [-0.15, -0.1) is 0 Å². The van der Waals surface area contributed by atoms with Gasteiger partial charge in [0.15, 0.2) is 11.6 Å². The third-order valence-electron chi connectivity index (χ3n) is 7.35. The van der Waals surface area contributed by atoms with Crippen LogP contribution in [0.1, 0.15) is 41.7 Å². The maximum atomic E-state index is 13.9. The summed E-state index contributed by atoms with van der Waals surface area (Å²) in [7, 11) is 1.49. The minimum absolute atomic E-state index is 0.0535. The van der Waals surface area contributed by atoms with E-state index in [1.54, 1.807) is 12.1 Å². The smallest absolute Gasteiger partial charge is 0.165 e. The number of aliphatic imine (C=N–C) groups is 1. The number of rotatable bonds is 4. The molecule has 0 saturated carbocycles. The molecule has 6 nitrogen and oxygen atoms in total. The van der Waals surface area contributed by atoms with Gasteiger partial charge in [0, 0.05) is 36.4 Å². The summed E-state index contributed by atoms with van der Waals surface area (Å²) in [5.74, 6) is 1.41. The highest BCUT2D eigenvalue weighted by atomic mass is 19.1. The Bertz CT molecular complexity index is 1200. The molecule has 1 aromatic heterocycles. The molecule has 0 aliphatic carbocycles. The number of hydrogen-bond donors (Lipinski definition) is 3. The van der Waals surface area contributed by atoms with Gasteiger partial charge in [-0.05, 0) is 54.5 Å². The first kappa shape index (κ1) is 20.7. The summed E-state index contributed by atoms with van der Waals surface area (Å²) >= 11 is 0. The van der Waals surface area contributed by atoms with Crippen molar-refractivity contribution in [3.05, 3.63) is 65.1 Å². The lowest BCUT2D eigenvalue weighted by Gasteiger charge is -2.37. The Morgan fingerprint density at radius 2 is 1.97 bits per heavy atom. The van der Waals surface area contributed by atoms with Crippen molar-refractivity contribution < 1.29 is 13.9 Å². The van der Waals surface area contributed by atoms with Crippen molar-refractivity contribution in [1.29, 1.82) is 0 Å². The van der Waals surface area contributed by atoms with Crippen molar-refractivity contribution in [1.82, 2.24) is 15.6 Å². The van der Waals surface area contributed by atoms with Crippen LogP contribution in [0, 0.1) is 11.7 Å². The summed E-state index contributed by atoms with van der Waals surface area (Å²) in [6.07, 6.45) is 2.98. The summed E-state index contributed by atoms with van der Waals surface area (Å²) in [5, 5.41) is 8.76. The van der Waals surface area contributed by atoms with E-state index in [0.29, 0.717) is 12.5 Å². The monoisotopic (exact) mass is 448 g/mol. The van der Waals surface area contributed by atoms with E-state index in [1.807, 2.05) is 0 Å². The molecule has 3 atom stereocenters. The van der Waals surface area contributed by atoms with E-state index >= 15 is 0 Å². The highest BCUT2D eigenvalue weighted by Gasteiger charge is 2.38. The van der Waals surface area contributed by atoms with Crippen molar-refractivity contribution >= 4 is 16.7 Å². The first-order valence-electron chi connectivity index (χ1n) is 11.8. The highest BCUT2D eigenvalue weighted by molar-refractivity contribution is 5.92. The summed E-state index contributed by atoms with van der Waals surface area (Å²) < 4.78 is 24.7. The van der Waals surface area contributed by atoms with Crippen molar-refractivity contribution in [3.8, 4) is 5.75 Å². The zero-order chi connectivity index (χ0) is 22.4. The molecular formula is C26H29FN4O2. The van der Waals surface area contributed by atoms with Crippen LogP contribution in [0.3, 0.4) is 0 Å². The Balaban J connectivity index is 1.33. The molecule has 0 radical (unpaired) electrons. The molecule has 3 aromatic rings. The van der Waals surface area contributed by atoms with E-state index in [2.05, 4.69) is 39.9 Å². The fraction of sp³-hybridized carbons (Fsp3) is 0.423. The van der Waals surface area contributed by atoms with Crippen molar-refractivity contribution in [2.75, 3.05) is 26.9 Å². The second kappa shape index (κ2) is 8.47. The van der Waals surface area contributed by atoms with Gasteiger partial charge in [-0.2, -0.15) is 0 Å². The molecule has 33 heavy (non-hydrogen) atoms. The fourth-order valence-corrected chi connectivity index (χ4v) is 5.62. The number of amidine groups is 1. The predicted octanol–water partition coefficient (Wildman–Crippen LogP) is 4.04. The number of aromatic amines is 1. The largest absolute Gasteiger partial charge is 0.494 e. The lowest BCUT2D eigenvalue weighted by Crippen LogP contribution is -2.50. The summed E-state index contributed by atoms with van der Waals surface area (Å²) in [6, 6.07) is 13.9. The standard InChI is InChI=1S/C26H29FN4O2/c1-32-23-12-16(6-7-19(23)27)22-14-28-26(31-22)21-13-18-17-4-2-3-5-20(17)29-25(18)24(30-21)15-8-10-33-11-9-15/h2-7,12,15,21-22,24,29-30H,8-11,13-14H2,1H3,(H,28,31)/t21-,22?,24?/m1/s1. The molecule has 7 heteroatoms. The van der Waals surface area contributed by atoms with Gasteiger partial charge >= 0.3 is 0 Å². The molecule has 4 heterocycles. The number of nitrogens with one attached hydrogen (secondary N) is 3. The summed E-state index contributed by atoms with van der Waals surface area (Å²) in [4.78, 5) is 8.75. The molecule has 1 fully saturated rings. The van der Waals surface area contributed by atoms with Crippen LogP contribution in [0.15, 0.2) is 47.5 Å². The van der Waals surface area contributed by atoms with Crippen LogP contribution < -0.4 is 15.4 Å². The van der Waals surface area contributed by atoms with E-state index < -0.39 is 0 Å². The number of aromatic nitrogens is 1. The van der Waals surface area contributed by atoms with E-state index in [4.69, 9.17) is 14.5 Å². The topological polar surface area (TPSA) is 70.7 Å². The maximum absolute atomic E-state index is 13.9. The zero-order valence-corrected chi connectivity index (χ0v) is 18.7. The number of methoxy groups -OCH3 is 1. The van der Waals surface area contributed by atoms with Crippen LogP contribution in [-0.2, 0) is 11.2 Å². The van der Waals surface area contributed by atoms with Crippen molar-refractivity contribution in [2.24, 2.45) is 10.9 Å². The first-order valence-corrected chi connectivity index (χ1v) is 11.8. The number of ether oxygens (including phenoxy) is 2. The van der Waals surface area contributed by atoms with Gasteiger partial charge in [0.25, 0.3) is 0 Å². The molecule has 3 N–H and O–H groups in total. The van der Waals surface area contributed by atoms with E-state index in [-0.39, 0.29) is 29.7 Å². The van der Waals surface area contributed by atoms with Gasteiger partial charge in [-0.25, -0.2) is 4.39 Å². The minimum atomic E-state index is -0.350. The van der Waals surface area contributed by atoms with Gasteiger partial charge < -0.3 is 19.8 Å². The van der Waals surface area contributed by atoms with Gasteiger partial charge in [-0.1, -0.05) is 24.3 Å². The van der Waals surface area contributed by atoms with Crippen LogP contribution >= 0.6 is 0 Å². The Morgan fingerprint density at radius 3 is 2.82 bits per heavy atom. The Hall–Kier alpha value is -2.90. The maximum Gasteiger partial charge on any atom is 0.165 e. The highest BCUT2D eigenvalue weighted by Crippen LogP contribution is 2.39. The number of fused-ring (bicyclic) bond motifs is 3. The van der Waals surface area contributed by atoms with E-state index in [9.17, 15) is 4.39 Å². The minimum Gasteiger partial charge on any atom is -0.494 e. The molecule has 1 saturated heterocycles. The van der Waals surface area contributed by atoms with Crippen LogP contribution in [0.25, 0.3) is 10.9 Å². The number of para-hydroxylation sites is 1. The lowest BCUT2D eigenvalue weighted by atomic mass is 9.83. The van der Waals surface area contributed by atoms with Crippen molar-refractivity contribution in [3.63, 3.8) is 0 Å². The average Bonchev–Trinajstić information content (AvgIpc) is 3.50. The molecule has 6 rings (SSSR count). The molecule has 3 aliphatic rings. The number of halogens is 1. The van der Waals surface area contributed by atoms with Crippen LogP contribution in [0.5, 0.6) is 5.75 Å². The van der Waals surface area contributed by atoms with Gasteiger partial charge in [-0.3, -0.25) is 10.3 Å². The quantitative estimate of drug-likeness (QED) is 0.563. The van der Waals surface area contributed by atoms with E-state index in [0.717, 1.165) is 43.9 Å². The fourth-order valence-electron chi connectivity index (χ4n) is 5.62. The third-order valence-corrected chi connectivity index (χ3v) is 7.35. The number of hydrogen-bond acceptors (Lipinski definition) is 5. The van der Waals surface area contributed by atoms with E-state index in [1.165, 1.54) is 35.3 Å². The van der Waals surface area contributed by atoms with Crippen LogP contribution in [0.2, 0.25) is 0 Å². The number of nitrogens with zero attached hydrogens (tertiary/aromatic N) is 1. The number of benzene rings is 2. The first-order chi connectivity index (χ1) is 16.2. The van der Waals surface area contributed by atoms with Crippen LogP contribution in [-0.4, -0.2) is 43.7 Å². The lowest BCUT2D eigenvalue weighted by molar-refractivity contribution is 0.0513. The Labute approximate surface area is 192 Å². The molecule has 0 bridgehead atoms. The number of H-pyrrole nitrogens is 1. The second-order valence-corrected chi connectivity index (χ2v) is 9.22. The van der Waals surface area contributed by atoms with Crippen molar-refractivity contribution in [2.45, 2.75) is 37.4 Å². The van der Waals surface area contributed by atoms with Gasteiger partial charge in [0.1, 0.15) is 5.84 Å². The van der Waals surface area contributed by atoms with Gasteiger partial charge in [0.2, 0.25) is 0 Å². The normalized spacial score (nSPS) is 25.5. The summed E-state index contributed by atoms with van der Waals surface area (Å²) in [5.41, 5.74) is 4.86. The Kier molecular flexibility index (Phi) is 5.31. The molecule has 0 amide bonds. The molecular weight excluding hydrogens is 419 g/mol. The second-order valence-electron chi connectivity index (χ2n) is 9.22. The predicted molar refractivity (Wildman–Crippen MR) is 126 cm³/mol. The summed E-state index contributed by atoms with van der Waals surface area (Å²) in [6.45, 7) is 2.33. The molecule has 3 aliphatic heterocycles. The zero-order valence-electron chi connectivity index (χ0n) is 18.7. The van der Waals surface area contributed by atoms with Crippen LogP contribution in [0.4, 0.5) is 4.39 Å². The molecule has 0 spiro atoms. The molecule has 172 valence electrons. The third kappa shape index (κ3) is 3.69. The SMILES string of the molecule is COc1cc(C2CNC([C@H]3Cc4c([nH]c5ccccc45)C(C4CCOCC4)N3)=N2)ccc1F.